The van der Waals surface area contributed by atoms with E-state index >= 15 is 0 Å². The molecule has 1 fully saturated rings. The maximum absolute atomic E-state index is 13.2. The summed E-state index contributed by atoms with van der Waals surface area (Å²) in [7, 11) is 3.99. The summed E-state index contributed by atoms with van der Waals surface area (Å²) in [5.41, 5.74) is 3.92. The summed E-state index contributed by atoms with van der Waals surface area (Å²) < 4.78 is 0. The molecular formula is C27H33N5O2S. The molecule has 3 aromatic rings. The van der Waals surface area contributed by atoms with Gasteiger partial charge in [0.2, 0.25) is 11.0 Å². The number of aromatic nitrogens is 2. The molecule has 1 N–H and O–H groups in total. The van der Waals surface area contributed by atoms with E-state index < -0.39 is 6.04 Å². The molecule has 1 aliphatic rings. The first-order valence-electron chi connectivity index (χ1n) is 12.3. The van der Waals surface area contributed by atoms with Crippen LogP contribution in [0.1, 0.15) is 54.9 Å². The molecule has 0 aliphatic carbocycles. The third-order valence-corrected chi connectivity index (χ3v) is 7.26. The highest BCUT2D eigenvalue weighted by Gasteiger charge is 2.35. The number of amides is 2. The van der Waals surface area contributed by atoms with E-state index in [2.05, 4.69) is 22.4 Å². The summed E-state index contributed by atoms with van der Waals surface area (Å²) in [6, 6.07) is 15.4. The van der Waals surface area contributed by atoms with Crippen LogP contribution in [0.4, 0.5) is 10.8 Å². The Labute approximate surface area is 211 Å². The summed E-state index contributed by atoms with van der Waals surface area (Å²) in [4.78, 5) is 29.9. The Kier molecular flexibility index (Phi) is 8.13. The van der Waals surface area contributed by atoms with Crippen LogP contribution in [-0.2, 0) is 11.2 Å². The molecule has 1 saturated heterocycles. The third kappa shape index (κ3) is 6.06. The minimum absolute atomic E-state index is 0.0957. The quantitative estimate of drug-likeness (QED) is 0.414. The maximum atomic E-state index is 13.2. The lowest BCUT2D eigenvalue weighted by molar-refractivity contribution is -0.119. The van der Waals surface area contributed by atoms with Crippen LogP contribution in [0, 0.1) is 0 Å². The van der Waals surface area contributed by atoms with Gasteiger partial charge in [0.25, 0.3) is 5.91 Å². The number of hydrogen-bond donors (Lipinski definition) is 1. The molecule has 1 aliphatic heterocycles. The fraction of sp³-hybridized carbons (Fsp3) is 0.407. The van der Waals surface area contributed by atoms with Gasteiger partial charge in [-0.1, -0.05) is 43.2 Å². The number of rotatable bonds is 9. The van der Waals surface area contributed by atoms with Gasteiger partial charge in [0.1, 0.15) is 11.0 Å². The monoisotopic (exact) mass is 491 g/mol. The molecule has 2 heterocycles. The molecule has 7 nitrogen and oxygen atoms in total. The molecular weight excluding hydrogens is 458 g/mol. The van der Waals surface area contributed by atoms with E-state index in [0.717, 1.165) is 35.5 Å². The van der Waals surface area contributed by atoms with Crippen LogP contribution in [0.25, 0.3) is 10.6 Å². The van der Waals surface area contributed by atoms with Gasteiger partial charge in [-0.05, 0) is 67.6 Å². The number of anilines is 2. The highest BCUT2D eigenvalue weighted by atomic mass is 32.1. The lowest BCUT2D eigenvalue weighted by Crippen LogP contribution is -2.43. The number of likely N-dealkylation sites (tertiary alicyclic amines) is 1. The Morgan fingerprint density at radius 1 is 1.06 bits per heavy atom. The fourth-order valence-corrected chi connectivity index (χ4v) is 5.07. The maximum Gasteiger partial charge on any atom is 0.254 e. The molecule has 2 aromatic carbocycles. The molecule has 2 amide bonds. The smallest absolute Gasteiger partial charge is 0.254 e. The van der Waals surface area contributed by atoms with Crippen LogP contribution in [-0.4, -0.2) is 53.6 Å². The zero-order valence-electron chi connectivity index (χ0n) is 20.7. The molecule has 35 heavy (non-hydrogen) atoms. The van der Waals surface area contributed by atoms with Gasteiger partial charge >= 0.3 is 0 Å². The van der Waals surface area contributed by atoms with E-state index in [1.165, 1.54) is 29.7 Å². The SMILES string of the molecule is CCCCCc1ccc(C(=O)N2CCCC2C(=O)Nc2nnc(-c3ccc(N(C)C)cc3)s2)cc1. The van der Waals surface area contributed by atoms with Crippen LogP contribution < -0.4 is 10.2 Å². The normalized spacial score (nSPS) is 15.3. The van der Waals surface area contributed by atoms with E-state index in [-0.39, 0.29) is 11.8 Å². The molecule has 1 atom stereocenters. The van der Waals surface area contributed by atoms with Crippen molar-refractivity contribution in [3.63, 3.8) is 0 Å². The number of benzene rings is 2. The Hall–Kier alpha value is -3.26. The Bertz CT molecular complexity index is 1140. The first-order chi connectivity index (χ1) is 17.0. The largest absolute Gasteiger partial charge is 0.378 e. The average molecular weight is 492 g/mol. The number of hydrogen-bond acceptors (Lipinski definition) is 6. The second kappa shape index (κ2) is 11.4. The molecule has 184 valence electrons. The summed E-state index contributed by atoms with van der Waals surface area (Å²) >= 11 is 1.33. The van der Waals surface area contributed by atoms with E-state index in [9.17, 15) is 9.59 Å². The van der Waals surface area contributed by atoms with Crippen molar-refractivity contribution >= 4 is 34.0 Å². The third-order valence-electron chi connectivity index (χ3n) is 6.37. The van der Waals surface area contributed by atoms with Crippen molar-refractivity contribution in [1.82, 2.24) is 15.1 Å². The average Bonchev–Trinajstić information content (AvgIpc) is 3.54. The van der Waals surface area contributed by atoms with Gasteiger partial charge in [-0.15, -0.1) is 10.2 Å². The van der Waals surface area contributed by atoms with Crippen molar-refractivity contribution in [2.45, 2.75) is 51.5 Å². The van der Waals surface area contributed by atoms with Crippen LogP contribution in [0.2, 0.25) is 0 Å². The second-order valence-electron chi connectivity index (χ2n) is 9.15. The number of carbonyl (C=O) groups is 2. The lowest BCUT2D eigenvalue weighted by atomic mass is 10.0. The molecule has 0 radical (unpaired) electrons. The molecule has 0 bridgehead atoms. The number of nitrogens with one attached hydrogen (secondary N) is 1. The van der Waals surface area contributed by atoms with Crippen molar-refractivity contribution in [3.05, 3.63) is 59.7 Å². The van der Waals surface area contributed by atoms with Crippen LogP contribution in [0.5, 0.6) is 0 Å². The Morgan fingerprint density at radius 2 is 1.80 bits per heavy atom. The van der Waals surface area contributed by atoms with E-state index in [1.54, 1.807) is 4.90 Å². The minimum Gasteiger partial charge on any atom is -0.378 e. The Balaban J connectivity index is 1.38. The molecule has 0 spiro atoms. The van der Waals surface area contributed by atoms with Crippen molar-refractivity contribution in [3.8, 4) is 10.6 Å². The number of aryl methyl sites for hydroxylation is 1. The van der Waals surface area contributed by atoms with E-state index in [1.807, 2.05) is 67.5 Å². The molecule has 0 saturated carbocycles. The molecule has 1 aromatic heterocycles. The van der Waals surface area contributed by atoms with Gasteiger partial charge in [-0.25, -0.2) is 0 Å². The van der Waals surface area contributed by atoms with Crippen molar-refractivity contribution < 1.29 is 9.59 Å². The molecule has 4 rings (SSSR count). The predicted molar refractivity (Wildman–Crippen MR) is 142 cm³/mol. The summed E-state index contributed by atoms with van der Waals surface area (Å²) in [5, 5.41) is 12.5. The van der Waals surface area contributed by atoms with Gasteiger partial charge < -0.3 is 9.80 Å². The summed E-state index contributed by atoms with van der Waals surface area (Å²) in [6.45, 7) is 2.77. The predicted octanol–water partition coefficient (Wildman–Crippen LogP) is 5.25. The highest BCUT2D eigenvalue weighted by molar-refractivity contribution is 7.18. The van der Waals surface area contributed by atoms with Gasteiger partial charge in [-0.3, -0.25) is 14.9 Å². The van der Waals surface area contributed by atoms with Gasteiger partial charge in [-0.2, -0.15) is 0 Å². The zero-order chi connectivity index (χ0) is 24.8. The fourth-order valence-electron chi connectivity index (χ4n) is 4.32. The van der Waals surface area contributed by atoms with E-state index in [4.69, 9.17) is 0 Å². The minimum atomic E-state index is -0.501. The first kappa shape index (κ1) is 24.9. The van der Waals surface area contributed by atoms with Crippen LogP contribution in [0.15, 0.2) is 48.5 Å². The summed E-state index contributed by atoms with van der Waals surface area (Å²) in [6.07, 6.45) is 6.04. The van der Waals surface area contributed by atoms with Crippen LogP contribution >= 0.6 is 11.3 Å². The van der Waals surface area contributed by atoms with Crippen molar-refractivity contribution in [2.24, 2.45) is 0 Å². The van der Waals surface area contributed by atoms with Crippen molar-refractivity contribution in [2.75, 3.05) is 30.9 Å². The second-order valence-corrected chi connectivity index (χ2v) is 10.1. The first-order valence-corrected chi connectivity index (χ1v) is 13.1. The van der Waals surface area contributed by atoms with Gasteiger partial charge in [0.15, 0.2) is 0 Å². The molecule has 1 unspecified atom stereocenters. The standard InChI is InChI=1S/C27H33N5O2S/c1-4-5-6-8-19-10-12-21(13-11-19)26(34)32-18-7-9-23(32)24(33)28-27-30-29-25(35-27)20-14-16-22(17-15-20)31(2)3/h10-17,23H,4-9,18H2,1-3H3,(H,28,30,33). The lowest BCUT2D eigenvalue weighted by Gasteiger charge is -2.23. The number of unbranched alkanes of at least 4 members (excludes halogenated alkanes) is 2. The van der Waals surface area contributed by atoms with Gasteiger partial charge in [0, 0.05) is 37.5 Å². The van der Waals surface area contributed by atoms with Crippen LogP contribution in [0.3, 0.4) is 0 Å². The Morgan fingerprint density at radius 3 is 2.49 bits per heavy atom. The topological polar surface area (TPSA) is 78.4 Å². The van der Waals surface area contributed by atoms with Gasteiger partial charge in [0.05, 0.1) is 0 Å². The van der Waals surface area contributed by atoms with E-state index in [0.29, 0.717) is 23.7 Å². The highest BCUT2D eigenvalue weighted by Crippen LogP contribution is 2.29. The zero-order valence-corrected chi connectivity index (χ0v) is 21.5. The molecule has 8 heteroatoms. The summed E-state index contributed by atoms with van der Waals surface area (Å²) in [5.74, 6) is -0.306. The number of carbonyl (C=O) groups excluding carboxylic acids is 2. The number of nitrogens with zero attached hydrogens (tertiary/aromatic N) is 4. The van der Waals surface area contributed by atoms with Crippen molar-refractivity contribution in [1.29, 1.82) is 0 Å².